The average Bonchev–Trinajstić information content (AvgIpc) is 1.51. The Balaban J connectivity index is 0.804. The first kappa shape index (κ1) is 55.9. The van der Waals surface area contributed by atoms with Crippen LogP contribution in [0.3, 0.4) is 0 Å². The molecule has 3 aliphatic carbocycles. The molecule has 0 saturated carbocycles. The van der Waals surface area contributed by atoms with Gasteiger partial charge in [0.25, 0.3) is 0 Å². The molecule has 0 heteroatoms. The average molecular weight is 1200 g/mol. The van der Waals surface area contributed by atoms with Crippen molar-refractivity contribution in [3.63, 3.8) is 0 Å². The number of hydrogen-bond acceptors (Lipinski definition) is 0. The molecule has 0 aromatic heterocycles. The summed E-state index contributed by atoms with van der Waals surface area (Å²) >= 11 is 0. The highest BCUT2D eigenvalue weighted by Gasteiger charge is 2.48. The third kappa shape index (κ3) is 9.49. The van der Waals surface area contributed by atoms with Gasteiger partial charge in [0.05, 0.1) is 5.41 Å². The van der Waals surface area contributed by atoms with E-state index in [4.69, 9.17) is 0 Å². The Morgan fingerprint density at radius 3 is 1.59 bits per heavy atom. The molecule has 3 unspecified atom stereocenters. The van der Waals surface area contributed by atoms with Crippen LogP contribution in [-0.2, 0) is 31.1 Å². The van der Waals surface area contributed by atoms with Gasteiger partial charge in [-0.1, -0.05) is 310 Å². The van der Waals surface area contributed by atoms with Crippen molar-refractivity contribution < 1.29 is 0 Å². The molecular formula is C94H70. The molecule has 0 radical (unpaired) electrons. The van der Waals surface area contributed by atoms with E-state index in [2.05, 4.69) is 335 Å². The van der Waals surface area contributed by atoms with Crippen LogP contribution >= 0.6 is 0 Å². The lowest BCUT2D eigenvalue weighted by Crippen LogP contribution is -2.29. The highest BCUT2D eigenvalue weighted by molar-refractivity contribution is 6.06. The van der Waals surface area contributed by atoms with Crippen LogP contribution in [0.15, 0.2) is 328 Å². The third-order valence-corrected chi connectivity index (χ3v) is 21.8. The summed E-state index contributed by atoms with van der Waals surface area (Å²) in [5.74, 6) is 0.684. The van der Waals surface area contributed by atoms with Gasteiger partial charge in [0.15, 0.2) is 0 Å². The standard InChI is InChI=1S/C94H70/c1-61(88-58-77-40-39-74(64-21-7-3-8-22-64)56-89(77)90-57-75(45-49-85(88)90)65-23-9-4-10-24-65)70-44-50-87-91(59-70)94(80-46-42-66-25-11-13-27-71(66)54-80,81-47-43-67-26-12-14-28-72(67)55-81)92-60-78(83-31-17-18-32-86(83)93(87)92)41-38-73(69-36-34-68(35-37-69)63-19-5-2-6-20-63)51-62-33-48-84-79(52-62)53-76-29-15-16-30-82(76)84/h2-37,39-40,42-50,52,54-57,59-61,73,88H,38,41,51,53,58H2,1H3. The number of fused-ring (bicyclic) bond motifs is 13. The van der Waals surface area contributed by atoms with Crippen molar-refractivity contribution in [3.8, 4) is 66.8 Å². The minimum atomic E-state index is -0.683. The number of hydrogen-bond donors (Lipinski definition) is 0. The fourth-order valence-electron chi connectivity index (χ4n) is 17.1. The lowest BCUT2D eigenvalue weighted by atomic mass is 9.65. The van der Waals surface area contributed by atoms with Gasteiger partial charge in [-0.3, -0.25) is 0 Å². The van der Waals surface area contributed by atoms with Gasteiger partial charge in [0, 0.05) is 0 Å². The Labute approximate surface area is 552 Å². The van der Waals surface area contributed by atoms with Crippen molar-refractivity contribution >= 4 is 32.3 Å². The van der Waals surface area contributed by atoms with Crippen molar-refractivity contribution in [2.24, 2.45) is 0 Å². The Hall–Kier alpha value is -10.9. The molecule has 0 saturated heterocycles. The Morgan fingerprint density at radius 2 is 0.894 bits per heavy atom. The summed E-state index contributed by atoms with van der Waals surface area (Å²) in [5.41, 5.74) is 31.5. The van der Waals surface area contributed by atoms with Gasteiger partial charge in [0.2, 0.25) is 0 Å². The van der Waals surface area contributed by atoms with Crippen molar-refractivity contribution in [2.45, 2.75) is 62.2 Å². The molecule has 3 aliphatic rings. The van der Waals surface area contributed by atoms with Crippen LogP contribution in [0.25, 0.3) is 99.1 Å². The largest absolute Gasteiger partial charge is 0.0714 e. The van der Waals surface area contributed by atoms with Crippen molar-refractivity contribution in [2.75, 3.05) is 0 Å². The summed E-state index contributed by atoms with van der Waals surface area (Å²) in [7, 11) is 0. The van der Waals surface area contributed by atoms with E-state index in [1.54, 1.807) is 0 Å². The van der Waals surface area contributed by atoms with E-state index in [-0.39, 0.29) is 17.8 Å². The maximum atomic E-state index is 2.69. The number of rotatable bonds is 13. The molecule has 15 aromatic rings. The SMILES string of the molecule is CC(c1ccc2c(c1)C(c1ccc3ccccc3c1)(c1ccc3ccccc3c1)c1cc(CCC(Cc3ccc4c(c3)Cc3ccccc3-4)c3ccc(-c4ccccc4)cc3)c3ccccc3c1-2)C1Cc2ccc(-c3ccccc3)cc2-c2cc(-c3ccccc3)ccc21. The van der Waals surface area contributed by atoms with Crippen LogP contribution in [0, 0.1) is 0 Å². The first-order valence-electron chi connectivity index (χ1n) is 33.9. The second-order valence-electron chi connectivity index (χ2n) is 26.9. The molecule has 94 heavy (non-hydrogen) atoms. The van der Waals surface area contributed by atoms with Gasteiger partial charge >= 0.3 is 0 Å². The monoisotopic (exact) mass is 1200 g/mol. The zero-order valence-electron chi connectivity index (χ0n) is 52.9. The van der Waals surface area contributed by atoms with Crippen LogP contribution < -0.4 is 0 Å². The van der Waals surface area contributed by atoms with Gasteiger partial charge < -0.3 is 0 Å². The van der Waals surface area contributed by atoms with Crippen LogP contribution in [-0.4, -0.2) is 0 Å². The van der Waals surface area contributed by atoms with Gasteiger partial charge in [-0.05, 0) is 240 Å². The first-order chi connectivity index (χ1) is 46.5. The van der Waals surface area contributed by atoms with E-state index in [0.29, 0.717) is 0 Å². The molecule has 0 aliphatic heterocycles. The fraction of sp³-hybridized carbons (Fsp3) is 0.106. The smallest absolute Gasteiger partial charge is 0.0622 e. The summed E-state index contributed by atoms with van der Waals surface area (Å²) in [4.78, 5) is 0. The number of benzene rings is 15. The minimum Gasteiger partial charge on any atom is -0.0622 e. The topological polar surface area (TPSA) is 0 Å². The molecule has 0 spiro atoms. The van der Waals surface area contributed by atoms with Crippen LogP contribution in [0.4, 0.5) is 0 Å². The van der Waals surface area contributed by atoms with E-state index < -0.39 is 5.41 Å². The maximum absolute atomic E-state index is 2.69. The molecule has 0 amide bonds. The Bertz CT molecular complexity index is 5340. The van der Waals surface area contributed by atoms with Crippen molar-refractivity contribution in [1.82, 2.24) is 0 Å². The number of aryl methyl sites for hydroxylation is 1. The summed E-state index contributed by atoms with van der Waals surface area (Å²) in [6, 6.07) is 126. The molecule has 0 N–H and O–H groups in total. The molecule has 446 valence electrons. The van der Waals surface area contributed by atoms with E-state index >= 15 is 0 Å². The summed E-state index contributed by atoms with van der Waals surface area (Å²) in [6.45, 7) is 2.52. The van der Waals surface area contributed by atoms with E-state index in [9.17, 15) is 0 Å². The van der Waals surface area contributed by atoms with Gasteiger partial charge in [-0.25, -0.2) is 0 Å². The molecule has 3 atom stereocenters. The second-order valence-corrected chi connectivity index (χ2v) is 26.9. The normalized spacial score (nSPS) is 14.6. The fourth-order valence-corrected chi connectivity index (χ4v) is 17.1. The first-order valence-corrected chi connectivity index (χ1v) is 33.9. The lowest BCUT2D eigenvalue weighted by molar-refractivity contribution is 0.567. The predicted molar refractivity (Wildman–Crippen MR) is 395 cm³/mol. The summed E-state index contributed by atoms with van der Waals surface area (Å²) in [6.07, 6.45) is 4.81. The van der Waals surface area contributed by atoms with Gasteiger partial charge in [-0.15, -0.1) is 0 Å². The molecule has 18 rings (SSSR count). The predicted octanol–water partition coefficient (Wildman–Crippen LogP) is 24.2. The van der Waals surface area contributed by atoms with Crippen molar-refractivity contribution in [3.05, 3.63) is 394 Å². The Kier molecular flexibility index (Phi) is 13.7. The highest BCUT2D eigenvalue weighted by Crippen LogP contribution is 2.60. The maximum Gasteiger partial charge on any atom is 0.0714 e. The third-order valence-electron chi connectivity index (χ3n) is 21.8. The van der Waals surface area contributed by atoms with Gasteiger partial charge in [0.1, 0.15) is 0 Å². The molecular weight excluding hydrogens is 1130 g/mol. The zero-order chi connectivity index (χ0) is 62.3. The van der Waals surface area contributed by atoms with Crippen molar-refractivity contribution in [1.29, 1.82) is 0 Å². The van der Waals surface area contributed by atoms with Crippen LogP contribution in [0.1, 0.15) is 97.9 Å². The molecule has 0 nitrogen and oxygen atoms in total. The minimum absolute atomic E-state index is 0.176. The molecule has 0 fully saturated rings. The van der Waals surface area contributed by atoms with Gasteiger partial charge in [-0.2, -0.15) is 0 Å². The molecule has 0 bridgehead atoms. The van der Waals surface area contributed by atoms with E-state index in [1.165, 1.54) is 166 Å². The lowest BCUT2D eigenvalue weighted by Gasteiger charge is -2.36. The second kappa shape index (κ2) is 23.0. The Morgan fingerprint density at radius 1 is 0.351 bits per heavy atom. The molecule has 0 heterocycles. The molecule has 15 aromatic carbocycles. The summed E-state index contributed by atoms with van der Waals surface area (Å²) < 4.78 is 0. The highest BCUT2D eigenvalue weighted by atomic mass is 14.5. The van der Waals surface area contributed by atoms with Crippen LogP contribution in [0.2, 0.25) is 0 Å². The summed E-state index contributed by atoms with van der Waals surface area (Å²) in [5, 5.41) is 7.66. The van der Waals surface area contributed by atoms with E-state index in [0.717, 1.165) is 32.1 Å². The van der Waals surface area contributed by atoms with E-state index in [1.807, 2.05) is 0 Å². The van der Waals surface area contributed by atoms with Crippen LogP contribution in [0.5, 0.6) is 0 Å². The quantitative estimate of drug-likeness (QED) is 0.108. The zero-order valence-corrected chi connectivity index (χ0v) is 52.9.